The Bertz CT molecular complexity index is 1180. The van der Waals surface area contributed by atoms with Crippen molar-refractivity contribution in [3.05, 3.63) is 65.5 Å². The Labute approximate surface area is 162 Å². The van der Waals surface area contributed by atoms with Crippen LogP contribution < -0.4 is 0 Å². The van der Waals surface area contributed by atoms with Crippen molar-refractivity contribution in [1.82, 2.24) is 24.6 Å². The largest absolute Gasteiger partial charge is 0.339 e. The molecule has 0 bridgehead atoms. The molecule has 3 heterocycles. The summed E-state index contributed by atoms with van der Waals surface area (Å²) in [5.74, 6) is 0.979. The molecule has 140 valence electrons. The Balaban J connectivity index is 1.66. The van der Waals surface area contributed by atoms with E-state index in [-0.39, 0.29) is 5.91 Å². The molecule has 1 saturated heterocycles. The zero-order valence-corrected chi connectivity index (χ0v) is 15.8. The van der Waals surface area contributed by atoms with E-state index in [9.17, 15) is 4.79 Å². The summed E-state index contributed by atoms with van der Waals surface area (Å²) in [6, 6.07) is 16.0. The molecule has 2 aromatic heterocycles. The highest BCUT2D eigenvalue weighted by Gasteiger charge is 2.21. The second-order valence-electron chi connectivity index (χ2n) is 7.33. The van der Waals surface area contributed by atoms with Gasteiger partial charge in [0.25, 0.3) is 5.91 Å². The number of benzene rings is 2. The summed E-state index contributed by atoms with van der Waals surface area (Å²) >= 11 is 0. The second-order valence-corrected chi connectivity index (χ2v) is 7.33. The number of carbonyl (C=O) groups excluding carboxylic acids is 1. The lowest BCUT2D eigenvalue weighted by Gasteiger charge is -2.15. The Kier molecular flexibility index (Phi) is 4.04. The molecular formula is C22H21N5O. The summed E-state index contributed by atoms with van der Waals surface area (Å²) in [5, 5.41) is 9.55. The molecule has 0 unspecified atom stereocenters. The van der Waals surface area contributed by atoms with Gasteiger partial charge in [-0.25, -0.2) is 4.98 Å². The van der Waals surface area contributed by atoms with E-state index < -0.39 is 0 Å². The lowest BCUT2D eigenvalue weighted by Crippen LogP contribution is -2.27. The lowest BCUT2D eigenvalue weighted by molar-refractivity contribution is 0.0793. The Morgan fingerprint density at radius 2 is 1.82 bits per heavy atom. The van der Waals surface area contributed by atoms with E-state index in [0.29, 0.717) is 17.8 Å². The highest BCUT2D eigenvalue weighted by molar-refractivity contribution is 6.05. The van der Waals surface area contributed by atoms with Crippen molar-refractivity contribution in [2.24, 2.45) is 0 Å². The van der Waals surface area contributed by atoms with E-state index >= 15 is 0 Å². The number of rotatable bonds is 3. The molecule has 0 spiro atoms. The van der Waals surface area contributed by atoms with Gasteiger partial charge in [0.2, 0.25) is 5.65 Å². The summed E-state index contributed by atoms with van der Waals surface area (Å²) < 4.78 is 2.16. The standard InChI is InChI=1S/C22H21N5O/c1-15-23-21-20(27(15)14-16-7-3-2-4-8-16)18-13-17(9-10-19(18)24-25-21)22(28)26-11-5-6-12-26/h2-4,7-10,13H,5-6,11-12,14H2,1H3. The number of likely N-dealkylation sites (tertiary alicyclic amines) is 1. The van der Waals surface area contributed by atoms with E-state index in [0.717, 1.165) is 48.2 Å². The fourth-order valence-corrected chi connectivity index (χ4v) is 3.99. The minimum Gasteiger partial charge on any atom is -0.339 e. The van der Waals surface area contributed by atoms with Crippen molar-refractivity contribution in [3.63, 3.8) is 0 Å². The monoisotopic (exact) mass is 371 g/mol. The van der Waals surface area contributed by atoms with Gasteiger partial charge in [0.1, 0.15) is 5.82 Å². The number of amides is 1. The predicted octanol–water partition coefficient (Wildman–Crippen LogP) is 3.57. The van der Waals surface area contributed by atoms with E-state index in [4.69, 9.17) is 0 Å². The van der Waals surface area contributed by atoms with Gasteiger partial charge >= 0.3 is 0 Å². The van der Waals surface area contributed by atoms with Gasteiger partial charge in [-0.05, 0) is 43.5 Å². The number of fused-ring (bicyclic) bond motifs is 3. The van der Waals surface area contributed by atoms with Crippen LogP contribution >= 0.6 is 0 Å². The van der Waals surface area contributed by atoms with Crippen LogP contribution in [0.5, 0.6) is 0 Å². The first kappa shape index (κ1) is 16.9. The van der Waals surface area contributed by atoms with E-state index in [1.807, 2.05) is 48.2 Å². The fraction of sp³-hybridized carbons (Fsp3) is 0.273. The molecule has 1 amide bonds. The first-order chi connectivity index (χ1) is 13.7. The SMILES string of the molecule is Cc1nc2nnc3ccc(C(=O)N4CCCC4)cc3c2n1Cc1ccccc1. The van der Waals surface area contributed by atoms with Gasteiger partial charge in [0, 0.05) is 30.6 Å². The maximum atomic E-state index is 12.9. The van der Waals surface area contributed by atoms with Gasteiger partial charge < -0.3 is 9.47 Å². The molecule has 6 nitrogen and oxygen atoms in total. The van der Waals surface area contributed by atoms with Crippen molar-refractivity contribution in [3.8, 4) is 0 Å². The van der Waals surface area contributed by atoms with Crippen LogP contribution in [0.25, 0.3) is 22.1 Å². The highest BCUT2D eigenvalue weighted by Crippen LogP contribution is 2.26. The third-order valence-electron chi connectivity index (χ3n) is 5.47. The van der Waals surface area contributed by atoms with Crippen LogP contribution in [-0.4, -0.2) is 43.6 Å². The molecule has 2 aromatic carbocycles. The van der Waals surface area contributed by atoms with Crippen molar-refractivity contribution >= 4 is 28.0 Å². The highest BCUT2D eigenvalue weighted by atomic mass is 16.2. The summed E-state index contributed by atoms with van der Waals surface area (Å²) in [4.78, 5) is 19.4. The normalized spacial score (nSPS) is 14.2. The molecule has 1 aliphatic heterocycles. The van der Waals surface area contributed by atoms with Crippen LogP contribution in [0.3, 0.4) is 0 Å². The van der Waals surface area contributed by atoms with Crippen LogP contribution in [0, 0.1) is 6.92 Å². The molecule has 0 radical (unpaired) electrons. The van der Waals surface area contributed by atoms with Crippen LogP contribution in [-0.2, 0) is 6.54 Å². The molecule has 6 heteroatoms. The van der Waals surface area contributed by atoms with Crippen molar-refractivity contribution in [2.45, 2.75) is 26.3 Å². The smallest absolute Gasteiger partial charge is 0.253 e. The second kappa shape index (κ2) is 6.71. The van der Waals surface area contributed by atoms with Crippen LogP contribution in [0.2, 0.25) is 0 Å². The van der Waals surface area contributed by atoms with E-state index in [1.54, 1.807) is 0 Å². The minimum absolute atomic E-state index is 0.0928. The molecule has 0 saturated carbocycles. The average Bonchev–Trinajstić information content (AvgIpc) is 3.36. The molecular weight excluding hydrogens is 350 g/mol. The summed E-state index contributed by atoms with van der Waals surface area (Å²) in [5.41, 5.74) is 4.22. The molecule has 5 rings (SSSR count). The number of imidazole rings is 1. The Hall–Kier alpha value is -3.28. The van der Waals surface area contributed by atoms with Gasteiger partial charge in [-0.3, -0.25) is 4.79 Å². The number of aromatic nitrogens is 4. The number of nitrogens with zero attached hydrogens (tertiary/aromatic N) is 5. The Morgan fingerprint density at radius 1 is 1.04 bits per heavy atom. The summed E-state index contributed by atoms with van der Waals surface area (Å²) in [6.07, 6.45) is 2.16. The van der Waals surface area contributed by atoms with Crippen molar-refractivity contribution < 1.29 is 4.79 Å². The van der Waals surface area contributed by atoms with Crippen LogP contribution in [0.1, 0.15) is 34.6 Å². The number of hydrogen-bond donors (Lipinski definition) is 0. The lowest BCUT2D eigenvalue weighted by atomic mass is 10.1. The maximum Gasteiger partial charge on any atom is 0.253 e. The Morgan fingerprint density at radius 3 is 2.61 bits per heavy atom. The average molecular weight is 371 g/mol. The van der Waals surface area contributed by atoms with Crippen molar-refractivity contribution in [1.29, 1.82) is 0 Å². The van der Waals surface area contributed by atoms with Gasteiger partial charge in [-0.15, -0.1) is 10.2 Å². The fourth-order valence-electron chi connectivity index (χ4n) is 3.99. The van der Waals surface area contributed by atoms with E-state index in [2.05, 4.69) is 31.9 Å². The first-order valence-corrected chi connectivity index (χ1v) is 9.67. The maximum absolute atomic E-state index is 12.9. The van der Waals surface area contributed by atoms with Crippen LogP contribution in [0.15, 0.2) is 48.5 Å². The molecule has 1 aliphatic rings. The van der Waals surface area contributed by atoms with Crippen molar-refractivity contribution in [2.75, 3.05) is 13.1 Å². The first-order valence-electron chi connectivity index (χ1n) is 9.67. The van der Waals surface area contributed by atoms with Gasteiger partial charge in [-0.2, -0.15) is 0 Å². The van der Waals surface area contributed by atoms with Gasteiger partial charge in [0.15, 0.2) is 0 Å². The molecule has 28 heavy (non-hydrogen) atoms. The van der Waals surface area contributed by atoms with Crippen LogP contribution in [0.4, 0.5) is 0 Å². The minimum atomic E-state index is 0.0928. The molecule has 4 aromatic rings. The zero-order chi connectivity index (χ0) is 19.1. The molecule has 0 N–H and O–H groups in total. The molecule has 0 atom stereocenters. The van der Waals surface area contributed by atoms with Gasteiger partial charge in [0.05, 0.1) is 11.0 Å². The third kappa shape index (κ3) is 2.81. The van der Waals surface area contributed by atoms with E-state index in [1.165, 1.54) is 5.56 Å². The molecule has 1 fully saturated rings. The quantitative estimate of drug-likeness (QED) is 0.552. The topological polar surface area (TPSA) is 63.9 Å². The molecule has 0 aliphatic carbocycles. The zero-order valence-electron chi connectivity index (χ0n) is 15.8. The third-order valence-corrected chi connectivity index (χ3v) is 5.47. The number of hydrogen-bond acceptors (Lipinski definition) is 4. The summed E-state index contributed by atoms with van der Waals surface area (Å²) in [7, 11) is 0. The summed E-state index contributed by atoms with van der Waals surface area (Å²) in [6.45, 7) is 4.36. The number of aryl methyl sites for hydroxylation is 1. The van der Waals surface area contributed by atoms with Gasteiger partial charge in [-0.1, -0.05) is 30.3 Å². The predicted molar refractivity (Wildman–Crippen MR) is 108 cm³/mol. The number of carbonyl (C=O) groups is 1.